The lowest BCUT2D eigenvalue weighted by Crippen LogP contribution is -2.32. The fraction of sp³-hybridized carbons (Fsp3) is 0.929. The Balaban J connectivity index is 4.70. The summed E-state index contributed by atoms with van der Waals surface area (Å²) in [7, 11) is 0. The summed E-state index contributed by atoms with van der Waals surface area (Å²) in [5, 5.41) is 8.72. The number of rotatable bonds is 10. The highest BCUT2D eigenvalue weighted by Gasteiger charge is 2.38. The Bertz CT molecular complexity index is 180. The van der Waals surface area contributed by atoms with Gasteiger partial charge in [0.15, 0.2) is 0 Å². The van der Waals surface area contributed by atoms with E-state index < -0.39 is 11.4 Å². The van der Waals surface area contributed by atoms with Crippen LogP contribution < -0.4 is 0 Å². The first-order valence-electron chi connectivity index (χ1n) is 7.02. The molecule has 0 fully saturated rings. The second-order valence-corrected chi connectivity index (χ2v) is 4.97. The van der Waals surface area contributed by atoms with E-state index in [0.29, 0.717) is 0 Å². The van der Waals surface area contributed by atoms with Gasteiger partial charge in [0, 0.05) is 0 Å². The Morgan fingerprint density at radius 2 is 1.29 bits per heavy atom. The predicted molar refractivity (Wildman–Crippen MR) is 69.7 cm³/mol. The summed E-state index contributed by atoms with van der Waals surface area (Å²) in [6, 6.07) is 0. The van der Waals surface area contributed by atoms with Crippen LogP contribution >= 0.6 is 0 Å². The van der Waals surface area contributed by atoms with Gasteiger partial charge in [0.05, 0.1) is 5.41 Å². The average molecular weight is 244 g/mol. The maximum Gasteiger partial charge on any atom is 0.348 e. The van der Waals surface area contributed by atoms with Crippen LogP contribution in [0.15, 0.2) is 0 Å². The molecular weight excluding hydrogens is 216 g/mol. The molecule has 1 N–H and O–H groups in total. The lowest BCUT2D eigenvalue weighted by atomic mass is 9.74. The van der Waals surface area contributed by atoms with Gasteiger partial charge < -0.3 is 4.89 Å². The molecule has 0 saturated carbocycles. The zero-order valence-corrected chi connectivity index (χ0v) is 11.6. The molecule has 0 rings (SSSR count). The molecule has 0 aromatic heterocycles. The number of carbonyl (C=O) groups excluding carboxylic acids is 1. The van der Waals surface area contributed by atoms with E-state index >= 15 is 0 Å². The molecule has 0 heterocycles. The first-order valence-corrected chi connectivity index (χ1v) is 7.02. The van der Waals surface area contributed by atoms with Crippen molar-refractivity contribution >= 4 is 5.97 Å². The molecule has 0 saturated heterocycles. The Labute approximate surface area is 105 Å². The first-order chi connectivity index (χ1) is 8.16. The first kappa shape index (κ1) is 16.4. The molecule has 17 heavy (non-hydrogen) atoms. The van der Waals surface area contributed by atoms with E-state index in [1.54, 1.807) is 0 Å². The molecule has 0 aromatic rings. The summed E-state index contributed by atoms with van der Waals surface area (Å²) in [4.78, 5) is 15.9. The van der Waals surface area contributed by atoms with Gasteiger partial charge in [0.1, 0.15) is 0 Å². The third-order valence-corrected chi connectivity index (χ3v) is 3.54. The minimum Gasteiger partial charge on any atom is -0.300 e. The maximum atomic E-state index is 11.9. The third kappa shape index (κ3) is 5.53. The molecule has 3 heteroatoms. The summed E-state index contributed by atoms with van der Waals surface area (Å²) >= 11 is 0. The van der Waals surface area contributed by atoms with E-state index in [9.17, 15) is 4.79 Å². The molecule has 3 nitrogen and oxygen atoms in total. The maximum absolute atomic E-state index is 11.9. The van der Waals surface area contributed by atoms with Crippen molar-refractivity contribution < 1.29 is 14.9 Å². The summed E-state index contributed by atoms with van der Waals surface area (Å²) in [5.41, 5.74) is -0.448. The number of carbonyl (C=O) groups is 1. The fourth-order valence-electron chi connectivity index (χ4n) is 2.32. The molecule has 0 spiro atoms. The van der Waals surface area contributed by atoms with Gasteiger partial charge in [-0.3, -0.25) is 0 Å². The Morgan fingerprint density at radius 1 is 0.941 bits per heavy atom. The van der Waals surface area contributed by atoms with Gasteiger partial charge in [0.2, 0.25) is 0 Å². The van der Waals surface area contributed by atoms with Crippen LogP contribution in [0.3, 0.4) is 0 Å². The van der Waals surface area contributed by atoms with Gasteiger partial charge in [-0.05, 0) is 19.3 Å². The summed E-state index contributed by atoms with van der Waals surface area (Å²) in [6.07, 6.45) is 8.76. The Morgan fingerprint density at radius 3 is 1.53 bits per heavy atom. The summed E-state index contributed by atoms with van der Waals surface area (Å²) in [6.45, 7) is 6.36. The van der Waals surface area contributed by atoms with Crippen LogP contribution in [0, 0.1) is 5.41 Å². The van der Waals surface area contributed by atoms with Gasteiger partial charge >= 0.3 is 5.97 Å². The molecule has 0 amide bonds. The van der Waals surface area contributed by atoms with Crippen LogP contribution in [-0.2, 0) is 9.68 Å². The summed E-state index contributed by atoms with van der Waals surface area (Å²) < 4.78 is 0. The fourth-order valence-corrected chi connectivity index (χ4v) is 2.32. The SMILES string of the molecule is CCCCC(CCCC)(CCCC)C(=O)OO. The minimum atomic E-state index is -0.448. The molecule has 0 aliphatic carbocycles. The van der Waals surface area contributed by atoms with E-state index in [1.165, 1.54) is 0 Å². The van der Waals surface area contributed by atoms with Gasteiger partial charge in [-0.2, -0.15) is 5.26 Å². The molecule has 0 unspecified atom stereocenters. The van der Waals surface area contributed by atoms with Gasteiger partial charge in [-0.25, -0.2) is 4.79 Å². The molecule has 0 aliphatic heterocycles. The second-order valence-electron chi connectivity index (χ2n) is 4.97. The van der Waals surface area contributed by atoms with E-state index in [4.69, 9.17) is 5.26 Å². The van der Waals surface area contributed by atoms with Crippen molar-refractivity contribution in [1.82, 2.24) is 0 Å². The van der Waals surface area contributed by atoms with Crippen molar-refractivity contribution in [3.63, 3.8) is 0 Å². The van der Waals surface area contributed by atoms with Crippen molar-refractivity contribution in [2.24, 2.45) is 5.41 Å². The lowest BCUT2D eigenvalue weighted by molar-refractivity contribution is -0.247. The van der Waals surface area contributed by atoms with Crippen LogP contribution in [0.1, 0.15) is 78.6 Å². The highest BCUT2D eigenvalue weighted by Crippen LogP contribution is 2.37. The van der Waals surface area contributed by atoms with E-state index in [1.807, 2.05) is 0 Å². The van der Waals surface area contributed by atoms with Gasteiger partial charge in [-0.1, -0.05) is 59.3 Å². The monoisotopic (exact) mass is 244 g/mol. The third-order valence-electron chi connectivity index (χ3n) is 3.54. The highest BCUT2D eigenvalue weighted by molar-refractivity contribution is 5.76. The Kier molecular flexibility index (Phi) is 9.14. The molecule has 0 radical (unpaired) electrons. The van der Waals surface area contributed by atoms with E-state index in [-0.39, 0.29) is 0 Å². The van der Waals surface area contributed by atoms with Crippen molar-refractivity contribution in [2.45, 2.75) is 78.6 Å². The van der Waals surface area contributed by atoms with E-state index in [2.05, 4.69) is 25.7 Å². The van der Waals surface area contributed by atoms with E-state index in [0.717, 1.165) is 57.8 Å². The molecule has 0 aliphatic rings. The van der Waals surface area contributed by atoms with Crippen molar-refractivity contribution in [1.29, 1.82) is 0 Å². The number of hydrogen-bond acceptors (Lipinski definition) is 3. The molecule has 0 bridgehead atoms. The number of unbranched alkanes of at least 4 members (excludes halogenated alkanes) is 3. The van der Waals surface area contributed by atoms with Gasteiger partial charge in [-0.15, -0.1) is 0 Å². The minimum absolute atomic E-state index is 0.423. The smallest absolute Gasteiger partial charge is 0.300 e. The van der Waals surface area contributed by atoms with Crippen LogP contribution in [0.2, 0.25) is 0 Å². The van der Waals surface area contributed by atoms with Crippen LogP contribution in [0.5, 0.6) is 0 Å². The topological polar surface area (TPSA) is 46.5 Å². The molecule has 102 valence electrons. The van der Waals surface area contributed by atoms with Crippen LogP contribution in [-0.4, -0.2) is 11.2 Å². The largest absolute Gasteiger partial charge is 0.348 e. The zero-order valence-electron chi connectivity index (χ0n) is 11.6. The molecular formula is C14H28O3. The normalized spacial score (nSPS) is 11.5. The predicted octanol–water partition coefficient (Wildman–Crippen LogP) is 4.56. The van der Waals surface area contributed by atoms with Crippen molar-refractivity contribution in [3.8, 4) is 0 Å². The van der Waals surface area contributed by atoms with Crippen molar-refractivity contribution in [3.05, 3.63) is 0 Å². The Hall–Kier alpha value is -0.570. The highest BCUT2D eigenvalue weighted by atomic mass is 17.1. The standard InChI is InChI=1S/C14H28O3/c1-4-7-10-14(11-8-5-2,12-9-6-3)13(15)17-16/h16H,4-12H2,1-3H3. The second kappa shape index (κ2) is 9.46. The summed E-state index contributed by atoms with van der Waals surface area (Å²) in [5.74, 6) is -0.423. The quantitative estimate of drug-likeness (QED) is 0.452. The molecule has 0 atom stereocenters. The zero-order chi connectivity index (χ0) is 13.1. The van der Waals surface area contributed by atoms with Crippen LogP contribution in [0.25, 0.3) is 0 Å². The van der Waals surface area contributed by atoms with Gasteiger partial charge in [0.25, 0.3) is 0 Å². The average Bonchev–Trinajstić information content (AvgIpc) is 2.37. The lowest BCUT2D eigenvalue weighted by Gasteiger charge is -2.30. The molecule has 0 aromatic carbocycles. The number of hydrogen-bond donors (Lipinski definition) is 1. The van der Waals surface area contributed by atoms with Crippen LogP contribution in [0.4, 0.5) is 0 Å². The van der Waals surface area contributed by atoms with Crippen molar-refractivity contribution in [2.75, 3.05) is 0 Å².